The molecule has 1 heterocycles. The van der Waals surface area contributed by atoms with Crippen LogP contribution in [0.15, 0.2) is 22.7 Å². The normalized spacial score (nSPS) is 11.3. The second kappa shape index (κ2) is 4.06. The van der Waals surface area contributed by atoms with Crippen LogP contribution in [0.3, 0.4) is 0 Å². The van der Waals surface area contributed by atoms with Crippen LogP contribution in [0.2, 0.25) is 5.15 Å². The van der Waals surface area contributed by atoms with E-state index in [1.807, 2.05) is 32.0 Å². The van der Waals surface area contributed by atoms with Crippen LogP contribution in [0, 0.1) is 0 Å². The van der Waals surface area contributed by atoms with Crippen LogP contribution in [0.1, 0.15) is 25.6 Å². The van der Waals surface area contributed by atoms with Crippen molar-refractivity contribution in [1.82, 2.24) is 9.97 Å². The summed E-state index contributed by atoms with van der Waals surface area (Å²) >= 11 is 9.57. The summed E-state index contributed by atoms with van der Waals surface area (Å²) < 4.78 is 0.950. The first-order valence-electron chi connectivity index (χ1n) is 4.71. The Balaban J connectivity index is 2.80. The van der Waals surface area contributed by atoms with Crippen LogP contribution in [0.25, 0.3) is 10.9 Å². The highest BCUT2D eigenvalue weighted by Gasteiger charge is 2.10. The molecule has 2 aromatic rings. The number of benzene rings is 1. The summed E-state index contributed by atoms with van der Waals surface area (Å²) in [5, 5.41) is 1.40. The van der Waals surface area contributed by atoms with Crippen LogP contribution in [0.5, 0.6) is 0 Å². The highest BCUT2D eigenvalue weighted by Crippen LogP contribution is 2.27. The molecular formula is C11H10BrClN2. The molecule has 0 aliphatic heterocycles. The highest BCUT2D eigenvalue weighted by molar-refractivity contribution is 9.10. The average Bonchev–Trinajstić information content (AvgIpc) is 2.19. The minimum atomic E-state index is 0.277. The Morgan fingerprint density at radius 3 is 2.67 bits per heavy atom. The Labute approximate surface area is 102 Å². The number of nitrogens with zero attached hydrogens (tertiary/aromatic N) is 2. The van der Waals surface area contributed by atoms with Crippen LogP contribution in [-0.2, 0) is 0 Å². The molecule has 1 aromatic heterocycles. The fraction of sp³-hybridized carbons (Fsp3) is 0.273. The van der Waals surface area contributed by atoms with Crippen molar-refractivity contribution < 1.29 is 0 Å². The zero-order valence-electron chi connectivity index (χ0n) is 8.46. The van der Waals surface area contributed by atoms with Crippen molar-refractivity contribution in [3.05, 3.63) is 33.6 Å². The van der Waals surface area contributed by atoms with Crippen molar-refractivity contribution in [2.24, 2.45) is 0 Å². The highest BCUT2D eigenvalue weighted by atomic mass is 79.9. The molecule has 2 nitrogen and oxygen atoms in total. The lowest BCUT2D eigenvalue weighted by Gasteiger charge is -2.07. The number of rotatable bonds is 1. The summed E-state index contributed by atoms with van der Waals surface area (Å²) in [6.45, 7) is 4.10. The third-order valence-corrected chi connectivity index (χ3v) is 3.09. The van der Waals surface area contributed by atoms with Gasteiger partial charge >= 0.3 is 0 Å². The molecule has 0 spiro atoms. The smallest absolute Gasteiger partial charge is 0.140 e. The van der Waals surface area contributed by atoms with Gasteiger partial charge in [-0.05, 0) is 28.1 Å². The number of hydrogen-bond acceptors (Lipinski definition) is 2. The Morgan fingerprint density at radius 1 is 1.27 bits per heavy atom. The average molecular weight is 286 g/mol. The lowest BCUT2D eigenvalue weighted by atomic mass is 10.2. The minimum absolute atomic E-state index is 0.277. The van der Waals surface area contributed by atoms with Gasteiger partial charge < -0.3 is 0 Å². The molecule has 0 fully saturated rings. The van der Waals surface area contributed by atoms with Gasteiger partial charge in [-0.1, -0.05) is 31.5 Å². The van der Waals surface area contributed by atoms with Gasteiger partial charge in [0.05, 0.1) is 5.52 Å². The van der Waals surface area contributed by atoms with E-state index in [-0.39, 0.29) is 5.92 Å². The summed E-state index contributed by atoms with van der Waals surface area (Å²) in [5.74, 6) is 1.05. The van der Waals surface area contributed by atoms with E-state index in [1.54, 1.807) is 0 Å². The maximum Gasteiger partial charge on any atom is 0.140 e. The van der Waals surface area contributed by atoms with Gasteiger partial charge in [0, 0.05) is 15.8 Å². The summed E-state index contributed by atoms with van der Waals surface area (Å²) in [7, 11) is 0. The topological polar surface area (TPSA) is 25.8 Å². The summed E-state index contributed by atoms with van der Waals surface area (Å²) in [4.78, 5) is 8.77. The molecule has 0 atom stereocenters. The Morgan fingerprint density at radius 2 is 2.00 bits per heavy atom. The first-order valence-corrected chi connectivity index (χ1v) is 5.88. The molecule has 78 valence electrons. The second-order valence-corrected chi connectivity index (χ2v) is 4.88. The first-order chi connectivity index (χ1) is 7.09. The SMILES string of the molecule is CC(C)c1nc(Cl)c2cccc(Br)c2n1. The lowest BCUT2D eigenvalue weighted by Crippen LogP contribution is -1.98. The van der Waals surface area contributed by atoms with Crippen molar-refractivity contribution in [3.8, 4) is 0 Å². The molecule has 0 N–H and O–H groups in total. The third kappa shape index (κ3) is 1.99. The molecule has 15 heavy (non-hydrogen) atoms. The number of hydrogen-bond donors (Lipinski definition) is 0. The Hall–Kier alpha value is -0.670. The predicted molar refractivity (Wildman–Crippen MR) is 66.3 cm³/mol. The van der Waals surface area contributed by atoms with E-state index in [0.29, 0.717) is 5.15 Å². The molecule has 2 rings (SSSR count). The van der Waals surface area contributed by atoms with E-state index in [2.05, 4.69) is 25.9 Å². The molecule has 0 amide bonds. The molecule has 0 aliphatic carbocycles. The standard InChI is InChI=1S/C11H10BrClN2/c1-6(2)11-14-9-7(10(13)15-11)4-3-5-8(9)12/h3-6H,1-2H3. The molecule has 0 saturated heterocycles. The van der Waals surface area contributed by atoms with Crippen molar-refractivity contribution in [1.29, 1.82) is 0 Å². The van der Waals surface area contributed by atoms with Gasteiger partial charge in [0.2, 0.25) is 0 Å². The predicted octanol–water partition coefficient (Wildman–Crippen LogP) is 4.17. The van der Waals surface area contributed by atoms with Crippen molar-refractivity contribution >= 4 is 38.4 Å². The monoisotopic (exact) mass is 284 g/mol. The number of fused-ring (bicyclic) bond motifs is 1. The van der Waals surface area contributed by atoms with E-state index in [4.69, 9.17) is 11.6 Å². The zero-order chi connectivity index (χ0) is 11.0. The zero-order valence-corrected chi connectivity index (χ0v) is 10.8. The van der Waals surface area contributed by atoms with E-state index in [1.165, 1.54) is 0 Å². The number of halogens is 2. The minimum Gasteiger partial charge on any atom is -0.231 e. The fourth-order valence-electron chi connectivity index (χ4n) is 1.35. The molecular weight excluding hydrogens is 275 g/mol. The third-order valence-electron chi connectivity index (χ3n) is 2.16. The quantitative estimate of drug-likeness (QED) is 0.735. The number of para-hydroxylation sites is 1. The molecule has 4 heteroatoms. The summed E-state index contributed by atoms with van der Waals surface area (Å²) in [5.41, 5.74) is 0.876. The number of aromatic nitrogens is 2. The molecule has 0 unspecified atom stereocenters. The molecule has 0 saturated carbocycles. The molecule has 1 aromatic carbocycles. The Bertz CT molecular complexity index is 511. The van der Waals surface area contributed by atoms with Crippen LogP contribution < -0.4 is 0 Å². The van der Waals surface area contributed by atoms with Gasteiger partial charge in [0.1, 0.15) is 11.0 Å². The lowest BCUT2D eigenvalue weighted by molar-refractivity contribution is 0.783. The first kappa shape index (κ1) is 10.8. The van der Waals surface area contributed by atoms with E-state index in [9.17, 15) is 0 Å². The second-order valence-electron chi connectivity index (χ2n) is 3.66. The van der Waals surface area contributed by atoms with Gasteiger partial charge in [-0.2, -0.15) is 0 Å². The van der Waals surface area contributed by atoms with Gasteiger partial charge in [-0.3, -0.25) is 0 Å². The van der Waals surface area contributed by atoms with Crippen LogP contribution in [-0.4, -0.2) is 9.97 Å². The summed E-state index contributed by atoms with van der Waals surface area (Å²) in [6.07, 6.45) is 0. The van der Waals surface area contributed by atoms with Crippen molar-refractivity contribution in [2.75, 3.05) is 0 Å². The van der Waals surface area contributed by atoms with Gasteiger partial charge in [0.25, 0.3) is 0 Å². The maximum absolute atomic E-state index is 6.11. The van der Waals surface area contributed by atoms with Crippen molar-refractivity contribution in [3.63, 3.8) is 0 Å². The van der Waals surface area contributed by atoms with E-state index in [0.717, 1.165) is 21.2 Å². The molecule has 0 bridgehead atoms. The van der Waals surface area contributed by atoms with Crippen LogP contribution >= 0.6 is 27.5 Å². The Kier molecular flexibility index (Phi) is 2.94. The van der Waals surface area contributed by atoms with Gasteiger partial charge in [-0.15, -0.1) is 0 Å². The summed E-state index contributed by atoms with van der Waals surface area (Å²) in [6, 6.07) is 5.80. The van der Waals surface area contributed by atoms with Crippen LogP contribution in [0.4, 0.5) is 0 Å². The molecule has 0 aliphatic rings. The van der Waals surface area contributed by atoms with E-state index < -0.39 is 0 Å². The van der Waals surface area contributed by atoms with Gasteiger partial charge in [-0.25, -0.2) is 9.97 Å². The van der Waals surface area contributed by atoms with Gasteiger partial charge in [0.15, 0.2) is 0 Å². The maximum atomic E-state index is 6.11. The largest absolute Gasteiger partial charge is 0.231 e. The fourth-order valence-corrected chi connectivity index (χ4v) is 2.05. The van der Waals surface area contributed by atoms with Crippen molar-refractivity contribution in [2.45, 2.75) is 19.8 Å². The molecule has 0 radical (unpaired) electrons. The van der Waals surface area contributed by atoms with E-state index >= 15 is 0 Å².